The number of nitrogens with zero attached hydrogens (tertiary/aromatic N) is 1. The van der Waals surface area contributed by atoms with Crippen molar-refractivity contribution in [1.82, 2.24) is 4.98 Å². The molecule has 0 saturated heterocycles. The molecule has 1 aromatic heterocycles. The number of hydrogen-bond donors (Lipinski definition) is 1. The van der Waals surface area contributed by atoms with Gasteiger partial charge in [-0.15, -0.1) is 0 Å². The second-order valence-electron chi connectivity index (χ2n) is 14.0. The van der Waals surface area contributed by atoms with Crippen LogP contribution < -0.4 is 0 Å². The third-order valence-electron chi connectivity index (χ3n) is 11.6. The van der Waals surface area contributed by atoms with Gasteiger partial charge in [-0.25, -0.2) is 0 Å². The highest BCUT2D eigenvalue weighted by Gasteiger charge is 2.51. The Bertz CT molecular complexity index is 3070. The molecule has 0 radical (unpaired) electrons. The SMILES string of the molecule is O=[N+]([O-])c1cccc2c1[nH]c1c(-c3ccc4c(c3)-c3ccccc3C43c4ccccc4-c4ccccc43)cccc1c1ccccc1c1ccccc21. The standard InChI is InChI=1S/C49H30N2O2/c52-51(53)46-26-12-22-40-35-16-4-2-14-33(35)32-13-1-3-15-34(32)39-21-11-20-31(47(39)50-48(40)46)30-27-28-45-41(29-30)38-19-7-10-25-44(38)49(45)42-23-8-5-17-36(42)37-18-6-9-24-43(37)49/h1-29,50H. The topological polar surface area (TPSA) is 58.9 Å². The van der Waals surface area contributed by atoms with Crippen LogP contribution in [0.4, 0.5) is 5.69 Å². The summed E-state index contributed by atoms with van der Waals surface area (Å²) in [5, 5.41) is 18.5. The number of rotatable bonds is 2. The molecule has 2 aliphatic rings. The van der Waals surface area contributed by atoms with Crippen molar-refractivity contribution < 1.29 is 4.92 Å². The normalized spacial score (nSPS) is 13.2. The summed E-state index contributed by atoms with van der Waals surface area (Å²) in [4.78, 5) is 16.1. The van der Waals surface area contributed by atoms with Crippen LogP contribution in [0.15, 0.2) is 176 Å². The smallest absolute Gasteiger partial charge is 0.293 e. The van der Waals surface area contributed by atoms with E-state index < -0.39 is 5.41 Å². The lowest BCUT2D eigenvalue weighted by Crippen LogP contribution is -2.25. The first-order valence-electron chi connectivity index (χ1n) is 18.0. The molecule has 1 heterocycles. The summed E-state index contributed by atoms with van der Waals surface area (Å²) in [6.45, 7) is 0. The van der Waals surface area contributed by atoms with E-state index in [-0.39, 0.29) is 10.6 Å². The molecule has 1 spiro atoms. The van der Waals surface area contributed by atoms with E-state index in [1.54, 1.807) is 12.1 Å². The Morgan fingerprint density at radius 1 is 0.396 bits per heavy atom. The zero-order valence-electron chi connectivity index (χ0n) is 28.5. The Labute approximate surface area is 305 Å². The number of nitrogens with one attached hydrogen (secondary N) is 1. The van der Waals surface area contributed by atoms with Crippen LogP contribution in [0.1, 0.15) is 22.3 Å². The van der Waals surface area contributed by atoms with Crippen LogP contribution in [0.25, 0.3) is 76.7 Å². The third kappa shape index (κ3) is 3.95. The minimum Gasteiger partial charge on any atom is -0.348 e. The number of fused-ring (bicyclic) bond motifs is 17. The maximum absolute atomic E-state index is 12.7. The zero-order valence-corrected chi connectivity index (χ0v) is 28.5. The van der Waals surface area contributed by atoms with Gasteiger partial charge in [0.1, 0.15) is 5.52 Å². The molecule has 1 N–H and O–H groups in total. The van der Waals surface area contributed by atoms with Crippen LogP contribution >= 0.6 is 0 Å². The molecule has 53 heavy (non-hydrogen) atoms. The fourth-order valence-electron chi connectivity index (χ4n) is 9.50. The van der Waals surface area contributed by atoms with Crippen molar-refractivity contribution >= 4 is 49.0 Å². The van der Waals surface area contributed by atoms with E-state index in [0.29, 0.717) is 5.52 Å². The Balaban J connectivity index is 1.28. The molecule has 4 nitrogen and oxygen atoms in total. The Morgan fingerprint density at radius 2 is 0.811 bits per heavy atom. The monoisotopic (exact) mass is 678 g/mol. The summed E-state index contributed by atoms with van der Waals surface area (Å²) in [6, 6.07) is 61.7. The summed E-state index contributed by atoms with van der Waals surface area (Å²) < 4.78 is 0. The van der Waals surface area contributed by atoms with E-state index in [4.69, 9.17) is 0 Å². The first kappa shape index (κ1) is 29.7. The average molecular weight is 679 g/mol. The molecule has 8 aromatic carbocycles. The average Bonchev–Trinajstić information content (AvgIpc) is 3.69. The van der Waals surface area contributed by atoms with Gasteiger partial charge in [-0.3, -0.25) is 10.1 Å². The largest absolute Gasteiger partial charge is 0.348 e. The van der Waals surface area contributed by atoms with Gasteiger partial charge in [0.25, 0.3) is 5.69 Å². The van der Waals surface area contributed by atoms with Crippen molar-refractivity contribution in [2.45, 2.75) is 5.41 Å². The van der Waals surface area contributed by atoms with Gasteiger partial charge in [0, 0.05) is 22.4 Å². The summed E-state index contributed by atoms with van der Waals surface area (Å²) >= 11 is 0. The number of benzene rings is 8. The number of aromatic nitrogens is 1. The van der Waals surface area contributed by atoms with E-state index in [2.05, 4.69) is 151 Å². The second-order valence-corrected chi connectivity index (χ2v) is 14.0. The fourth-order valence-corrected chi connectivity index (χ4v) is 9.50. The molecule has 0 aliphatic heterocycles. The van der Waals surface area contributed by atoms with Gasteiger partial charge in [-0.05, 0) is 77.7 Å². The lowest BCUT2D eigenvalue weighted by Gasteiger charge is -2.30. The summed E-state index contributed by atoms with van der Waals surface area (Å²) in [5.74, 6) is 0. The van der Waals surface area contributed by atoms with Crippen molar-refractivity contribution in [2.24, 2.45) is 0 Å². The maximum atomic E-state index is 12.7. The first-order valence-corrected chi connectivity index (χ1v) is 18.0. The molecular weight excluding hydrogens is 649 g/mol. The molecule has 2 aliphatic carbocycles. The minimum atomic E-state index is -0.427. The number of para-hydroxylation sites is 2. The molecule has 4 heteroatoms. The predicted octanol–water partition coefficient (Wildman–Crippen LogP) is 12.7. The Morgan fingerprint density at radius 3 is 1.38 bits per heavy atom. The minimum absolute atomic E-state index is 0.0346. The number of H-pyrrole nitrogens is 1. The first-order chi connectivity index (χ1) is 26.1. The van der Waals surface area contributed by atoms with Crippen molar-refractivity contribution in [1.29, 1.82) is 0 Å². The van der Waals surface area contributed by atoms with Crippen LogP contribution in [-0.2, 0) is 5.41 Å². The van der Waals surface area contributed by atoms with E-state index >= 15 is 0 Å². The maximum Gasteiger partial charge on any atom is 0.293 e. The molecule has 0 fully saturated rings. The lowest BCUT2D eigenvalue weighted by molar-refractivity contribution is -0.383. The number of hydrogen-bond acceptors (Lipinski definition) is 2. The molecule has 11 rings (SSSR count). The molecule has 0 unspecified atom stereocenters. The second kappa shape index (κ2) is 11.0. The summed E-state index contributed by atoms with van der Waals surface area (Å²) in [7, 11) is 0. The molecule has 9 aromatic rings. The van der Waals surface area contributed by atoms with Gasteiger partial charge in [0.05, 0.1) is 15.9 Å². The van der Waals surface area contributed by atoms with E-state index in [1.165, 1.54) is 44.5 Å². The van der Waals surface area contributed by atoms with E-state index in [9.17, 15) is 10.1 Å². The molecular formula is C49H30N2O2. The highest BCUT2D eigenvalue weighted by molar-refractivity contribution is 6.21. The molecule has 0 saturated carbocycles. The predicted molar refractivity (Wildman–Crippen MR) is 217 cm³/mol. The van der Waals surface area contributed by atoms with Crippen LogP contribution in [0.2, 0.25) is 0 Å². The van der Waals surface area contributed by atoms with Crippen LogP contribution in [-0.4, -0.2) is 9.91 Å². The van der Waals surface area contributed by atoms with Crippen molar-refractivity contribution in [3.8, 4) is 33.4 Å². The van der Waals surface area contributed by atoms with E-state index in [1.807, 2.05) is 18.2 Å². The van der Waals surface area contributed by atoms with Gasteiger partial charge in [0.15, 0.2) is 0 Å². The number of nitro benzene ring substituents is 1. The van der Waals surface area contributed by atoms with Gasteiger partial charge in [-0.2, -0.15) is 0 Å². The van der Waals surface area contributed by atoms with Crippen LogP contribution in [0.5, 0.6) is 0 Å². The summed E-state index contributed by atoms with van der Waals surface area (Å²) in [6.07, 6.45) is 0. The molecule has 0 atom stereocenters. The Kier molecular flexibility index (Phi) is 6.15. The van der Waals surface area contributed by atoms with Gasteiger partial charge < -0.3 is 4.98 Å². The van der Waals surface area contributed by atoms with Crippen molar-refractivity contribution in [3.63, 3.8) is 0 Å². The zero-order chi connectivity index (χ0) is 35.3. The number of nitro groups is 1. The van der Waals surface area contributed by atoms with Gasteiger partial charge >= 0.3 is 0 Å². The molecule has 0 bridgehead atoms. The third-order valence-corrected chi connectivity index (χ3v) is 11.6. The Hall–Kier alpha value is -7.04. The lowest BCUT2D eigenvalue weighted by atomic mass is 9.70. The van der Waals surface area contributed by atoms with Crippen LogP contribution in [0.3, 0.4) is 0 Å². The highest BCUT2D eigenvalue weighted by atomic mass is 16.6. The van der Waals surface area contributed by atoms with Crippen molar-refractivity contribution in [2.75, 3.05) is 0 Å². The molecule has 0 amide bonds. The number of aromatic amines is 1. The quantitative estimate of drug-likeness (QED) is 0.146. The van der Waals surface area contributed by atoms with Gasteiger partial charge in [-0.1, -0.05) is 164 Å². The highest BCUT2D eigenvalue weighted by Crippen LogP contribution is 2.63. The van der Waals surface area contributed by atoms with Crippen molar-refractivity contribution in [3.05, 3.63) is 208 Å². The van der Waals surface area contributed by atoms with Gasteiger partial charge in [0.2, 0.25) is 0 Å². The molecule has 248 valence electrons. The number of non-ortho nitro benzene ring substituents is 1. The van der Waals surface area contributed by atoms with Crippen LogP contribution in [0, 0.1) is 10.1 Å². The summed E-state index contributed by atoms with van der Waals surface area (Å²) in [5.41, 5.74) is 13.1. The van der Waals surface area contributed by atoms with E-state index in [0.717, 1.165) is 49.0 Å². The fraction of sp³-hybridized carbons (Fsp3) is 0.0204.